The monoisotopic (exact) mass is 463 g/mol. The van der Waals surface area contributed by atoms with Gasteiger partial charge in [-0.3, -0.25) is 9.10 Å². The van der Waals surface area contributed by atoms with E-state index in [1.165, 1.54) is 49.5 Å². The average molecular weight is 463 g/mol. The molecule has 0 aliphatic rings. The van der Waals surface area contributed by atoms with E-state index in [0.717, 1.165) is 4.31 Å². The average Bonchev–Trinajstić information content (AvgIpc) is 2.78. The fraction of sp³-hybridized carbons (Fsp3) is 0.136. The predicted octanol–water partition coefficient (Wildman–Crippen LogP) is 4.74. The molecule has 10 heteroatoms. The van der Waals surface area contributed by atoms with E-state index >= 15 is 0 Å². The van der Waals surface area contributed by atoms with Gasteiger partial charge in [0.15, 0.2) is 0 Å². The minimum atomic E-state index is -4.41. The summed E-state index contributed by atoms with van der Waals surface area (Å²) in [5.74, 6) is -0.591. The summed E-state index contributed by atoms with van der Waals surface area (Å²) in [6.07, 6.45) is -4.41. The molecule has 0 unspecified atom stereocenters. The Bertz CT molecular complexity index is 1180. The number of alkyl halides is 3. The number of anilines is 3. The first kappa shape index (κ1) is 23.1. The van der Waals surface area contributed by atoms with Crippen LogP contribution in [0.15, 0.2) is 83.8 Å². The Hall–Kier alpha value is -3.53. The highest BCUT2D eigenvalue weighted by atomic mass is 32.2. The SMILES string of the molecule is CN(c1ccccc1)S(=O)(=O)c1ccc(C(=O)Nc2ccccc2NCC(F)(F)F)cc1. The quantitative estimate of drug-likeness (QED) is 0.531. The van der Waals surface area contributed by atoms with Crippen LogP contribution >= 0.6 is 0 Å². The van der Waals surface area contributed by atoms with E-state index in [-0.39, 0.29) is 21.8 Å². The molecular weight excluding hydrogens is 443 g/mol. The van der Waals surface area contributed by atoms with Crippen LogP contribution < -0.4 is 14.9 Å². The Morgan fingerprint density at radius 3 is 2.03 bits per heavy atom. The second kappa shape index (κ2) is 9.31. The number of sulfonamides is 1. The number of halogens is 3. The number of rotatable bonds is 7. The molecule has 0 fully saturated rings. The van der Waals surface area contributed by atoms with Crippen molar-refractivity contribution >= 4 is 33.0 Å². The van der Waals surface area contributed by atoms with E-state index in [4.69, 9.17) is 0 Å². The number of carbonyl (C=O) groups excluding carboxylic acids is 1. The van der Waals surface area contributed by atoms with Crippen molar-refractivity contribution in [1.82, 2.24) is 0 Å². The number of hydrogen-bond donors (Lipinski definition) is 2. The Morgan fingerprint density at radius 1 is 0.875 bits per heavy atom. The molecule has 0 aliphatic carbocycles. The summed E-state index contributed by atoms with van der Waals surface area (Å²) in [5, 5.41) is 4.78. The second-order valence-electron chi connectivity index (χ2n) is 6.80. The van der Waals surface area contributed by atoms with Crippen LogP contribution in [0.1, 0.15) is 10.4 Å². The maximum Gasteiger partial charge on any atom is 0.405 e. The smallest absolute Gasteiger partial charge is 0.375 e. The van der Waals surface area contributed by atoms with Gasteiger partial charge in [-0.05, 0) is 48.5 Å². The zero-order valence-electron chi connectivity index (χ0n) is 16.9. The van der Waals surface area contributed by atoms with Gasteiger partial charge in [0.05, 0.1) is 22.0 Å². The molecular formula is C22H20F3N3O3S. The van der Waals surface area contributed by atoms with Crippen LogP contribution in [0.3, 0.4) is 0 Å². The molecule has 0 radical (unpaired) electrons. The van der Waals surface area contributed by atoms with Crippen molar-refractivity contribution in [1.29, 1.82) is 0 Å². The van der Waals surface area contributed by atoms with E-state index in [2.05, 4.69) is 10.6 Å². The van der Waals surface area contributed by atoms with Crippen LogP contribution in [0.2, 0.25) is 0 Å². The molecule has 32 heavy (non-hydrogen) atoms. The lowest BCUT2D eigenvalue weighted by Crippen LogP contribution is -2.26. The molecule has 3 aromatic rings. The van der Waals surface area contributed by atoms with Crippen molar-refractivity contribution in [3.8, 4) is 0 Å². The Morgan fingerprint density at radius 2 is 1.44 bits per heavy atom. The molecule has 2 N–H and O–H groups in total. The van der Waals surface area contributed by atoms with Gasteiger partial charge < -0.3 is 10.6 Å². The molecule has 168 valence electrons. The van der Waals surface area contributed by atoms with Gasteiger partial charge in [-0.2, -0.15) is 13.2 Å². The van der Waals surface area contributed by atoms with Gasteiger partial charge in [0, 0.05) is 12.6 Å². The lowest BCUT2D eigenvalue weighted by atomic mass is 10.2. The number of nitrogens with one attached hydrogen (secondary N) is 2. The second-order valence-corrected chi connectivity index (χ2v) is 8.77. The molecule has 0 saturated heterocycles. The fourth-order valence-electron chi connectivity index (χ4n) is 2.85. The Labute approximate surface area is 183 Å². The van der Waals surface area contributed by atoms with Gasteiger partial charge >= 0.3 is 6.18 Å². The number of amides is 1. The van der Waals surface area contributed by atoms with Crippen molar-refractivity contribution in [3.05, 3.63) is 84.4 Å². The highest BCUT2D eigenvalue weighted by Crippen LogP contribution is 2.25. The zero-order valence-corrected chi connectivity index (χ0v) is 17.7. The lowest BCUT2D eigenvalue weighted by Gasteiger charge is -2.19. The van der Waals surface area contributed by atoms with Gasteiger partial charge in [0.25, 0.3) is 15.9 Å². The summed E-state index contributed by atoms with van der Waals surface area (Å²) >= 11 is 0. The van der Waals surface area contributed by atoms with Gasteiger partial charge in [0.1, 0.15) is 6.54 Å². The molecule has 0 heterocycles. The van der Waals surface area contributed by atoms with Crippen LogP contribution in [0, 0.1) is 0 Å². The molecule has 0 aromatic heterocycles. The predicted molar refractivity (Wildman–Crippen MR) is 117 cm³/mol. The molecule has 0 spiro atoms. The Balaban J connectivity index is 1.75. The van der Waals surface area contributed by atoms with E-state index in [1.54, 1.807) is 36.4 Å². The van der Waals surface area contributed by atoms with Crippen molar-refractivity contribution in [2.45, 2.75) is 11.1 Å². The maximum absolute atomic E-state index is 12.8. The Kier molecular flexibility index (Phi) is 6.73. The van der Waals surface area contributed by atoms with Crippen molar-refractivity contribution < 1.29 is 26.4 Å². The van der Waals surface area contributed by atoms with Gasteiger partial charge in [0.2, 0.25) is 0 Å². The fourth-order valence-corrected chi connectivity index (χ4v) is 4.04. The largest absolute Gasteiger partial charge is 0.405 e. The number of nitrogens with zero attached hydrogens (tertiary/aromatic N) is 1. The normalized spacial score (nSPS) is 11.6. The van der Waals surface area contributed by atoms with Crippen molar-refractivity contribution in [2.24, 2.45) is 0 Å². The van der Waals surface area contributed by atoms with Crippen LogP contribution in [-0.4, -0.2) is 34.1 Å². The first-order valence-electron chi connectivity index (χ1n) is 9.43. The van der Waals surface area contributed by atoms with E-state index < -0.39 is 28.7 Å². The van der Waals surface area contributed by atoms with Gasteiger partial charge in [-0.15, -0.1) is 0 Å². The number of carbonyl (C=O) groups is 1. The molecule has 3 aromatic carbocycles. The third-order valence-corrected chi connectivity index (χ3v) is 6.35. The molecule has 1 amide bonds. The summed E-state index contributed by atoms with van der Waals surface area (Å²) < 4.78 is 64.3. The summed E-state index contributed by atoms with van der Waals surface area (Å²) in [6, 6.07) is 19.8. The molecule has 0 bridgehead atoms. The molecule has 0 atom stereocenters. The maximum atomic E-state index is 12.8. The van der Waals surface area contributed by atoms with E-state index in [1.807, 2.05) is 0 Å². The highest BCUT2D eigenvalue weighted by Gasteiger charge is 2.27. The summed E-state index contributed by atoms with van der Waals surface area (Å²) in [6.45, 7) is -1.25. The van der Waals surface area contributed by atoms with Crippen molar-refractivity contribution in [2.75, 3.05) is 28.5 Å². The van der Waals surface area contributed by atoms with Gasteiger partial charge in [-0.1, -0.05) is 30.3 Å². The lowest BCUT2D eigenvalue weighted by molar-refractivity contribution is -0.115. The van der Waals surface area contributed by atoms with Crippen molar-refractivity contribution in [3.63, 3.8) is 0 Å². The molecule has 0 saturated carbocycles. The molecule has 3 rings (SSSR count). The third kappa shape index (κ3) is 5.58. The summed E-state index contributed by atoms with van der Waals surface area (Å²) in [7, 11) is -2.41. The summed E-state index contributed by atoms with van der Waals surface area (Å²) in [4.78, 5) is 12.6. The minimum Gasteiger partial charge on any atom is -0.375 e. The topological polar surface area (TPSA) is 78.5 Å². The standard InChI is InChI=1S/C22H20F3N3O3S/c1-28(17-7-3-2-4-8-17)32(30,31)18-13-11-16(12-14-18)21(29)27-20-10-6-5-9-19(20)26-15-22(23,24)25/h2-14,26H,15H2,1H3,(H,27,29). The van der Waals surface area contributed by atoms with Crippen LogP contribution in [-0.2, 0) is 10.0 Å². The number of para-hydroxylation sites is 3. The number of benzene rings is 3. The molecule has 0 aliphatic heterocycles. The van der Waals surface area contributed by atoms with Gasteiger partial charge in [-0.25, -0.2) is 8.42 Å². The van der Waals surface area contributed by atoms with Crippen LogP contribution in [0.25, 0.3) is 0 Å². The minimum absolute atomic E-state index is 0.00681. The zero-order chi connectivity index (χ0) is 23.4. The number of hydrogen-bond acceptors (Lipinski definition) is 4. The van der Waals surface area contributed by atoms with E-state index in [9.17, 15) is 26.4 Å². The first-order valence-corrected chi connectivity index (χ1v) is 10.9. The first-order chi connectivity index (χ1) is 15.1. The molecule has 6 nitrogen and oxygen atoms in total. The van der Waals surface area contributed by atoms with Crippen LogP contribution in [0.5, 0.6) is 0 Å². The van der Waals surface area contributed by atoms with E-state index in [0.29, 0.717) is 5.69 Å². The third-order valence-electron chi connectivity index (χ3n) is 4.55. The summed E-state index contributed by atoms with van der Waals surface area (Å²) in [5.41, 5.74) is 0.915. The highest BCUT2D eigenvalue weighted by molar-refractivity contribution is 7.92. The van der Waals surface area contributed by atoms with Crippen LogP contribution in [0.4, 0.5) is 30.2 Å².